The fourth-order valence-corrected chi connectivity index (χ4v) is 3.17. The minimum absolute atomic E-state index is 0.213. The Bertz CT molecular complexity index is 363. The number of benzene rings is 1. The van der Waals surface area contributed by atoms with E-state index in [2.05, 4.69) is 61.8 Å². The predicted molar refractivity (Wildman–Crippen MR) is 81.7 cm³/mol. The summed E-state index contributed by atoms with van der Waals surface area (Å²) in [4.78, 5) is 1.36. The molecule has 0 radical (unpaired) electrons. The maximum absolute atomic E-state index is 5.90. The molecule has 0 aliphatic heterocycles. The highest BCUT2D eigenvalue weighted by molar-refractivity contribution is 9.10. The van der Waals surface area contributed by atoms with Crippen molar-refractivity contribution >= 4 is 27.7 Å². The van der Waals surface area contributed by atoms with E-state index < -0.39 is 0 Å². The lowest BCUT2D eigenvalue weighted by Gasteiger charge is -2.18. The van der Waals surface area contributed by atoms with Crippen LogP contribution in [0.1, 0.15) is 33.3 Å². The molecule has 1 aromatic carbocycles. The molecular weight excluding hydrogens is 294 g/mol. The summed E-state index contributed by atoms with van der Waals surface area (Å²) in [5.74, 6) is 0.683. The summed E-state index contributed by atoms with van der Waals surface area (Å²) in [6.07, 6.45) is 0.945. The summed E-state index contributed by atoms with van der Waals surface area (Å²) < 4.78 is 1.14. The second kappa shape index (κ2) is 6.81. The molecule has 0 saturated heterocycles. The van der Waals surface area contributed by atoms with Gasteiger partial charge < -0.3 is 5.73 Å². The van der Waals surface area contributed by atoms with E-state index in [-0.39, 0.29) is 6.04 Å². The quantitative estimate of drug-likeness (QED) is 0.811. The van der Waals surface area contributed by atoms with Crippen molar-refractivity contribution in [3.63, 3.8) is 0 Å². The van der Waals surface area contributed by atoms with Gasteiger partial charge in [-0.25, -0.2) is 0 Å². The summed E-state index contributed by atoms with van der Waals surface area (Å²) in [5.41, 5.74) is 7.26. The smallest absolute Gasteiger partial charge is 0.0186 e. The van der Waals surface area contributed by atoms with Crippen LogP contribution >= 0.6 is 27.7 Å². The Kier molecular flexibility index (Phi) is 6.04. The molecule has 0 spiro atoms. The van der Waals surface area contributed by atoms with Crippen LogP contribution in [0.3, 0.4) is 0 Å². The molecule has 17 heavy (non-hydrogen) atoms. The molecule has 2 unspecified atom stereocenters. The van der Waals surface area contributed by atoms with E-state index in [1.165, 1.54) is 10.5 Å². The Balaban J connectivity index is 2.90. The molecule has 2 N–H and O–H groups in total. The van der Waals surface area contributed by atoms with Crippen LogP contribution in [0, 0.1) is 5.92 Å². The van der Waals surface area contributed by atoms with Crippen LogP contribution in [-0.2, 0) is 6.42 Å². The van der Waals surface area contributed by atoms with Crippen molar-refractivity contribution < 1.29 is 0 Å². The van der Waals surface area contributed by atoms with E-state index in [0.29, 0.717) is 11.2 Å². The lowest BCUT2D eigenvalue weighted by atomic mass is 10.1. The highest BCUT2D eigenvalue weighted by atomic mass is 79.9. The fraction of sp³-hybridized carbons (Fsp3) is 0.571. The highest BCUT2D eigenvalue weighted by Gasteiger charge is 2.13. The van der Waals surface area contributed by atoms with Crippen molar-refractivity contribution in [1.29, 1.82) is 0 Å². The first kappa shape index (κ1) is 15.1. The number of thioether (sulfide) groups is 1. The normalized spacial score (nSPS) is 15.0. The SMILES string of the molecule is CC(N)Cc1ccc(Br)cc1SC(C)C(C)C. The molecule has 0 aliphatic carbocycles. The van der Waals surface area contributed by atoms with Gasteiger partial charge in [-0.3, -0.25) is 0 Å². The highest BCUT2D eigenvalue weighted by Crippen LogP contribution is 2.33. The lowest BCUT2D eigenvalue weighted by Crippen LogP contribution is -2.18. The van der Waals surface area contributed by atoms with E-state index in [9.17, 15) is 0 Å². The van der Waals surface area contributed by atoms with Gasteiger partial charge in [0.2, 0.25) is 0 Å². The number of halogens is 1. The average molecular weight is 316 g/mol. The van der Waals surface area contributed by atoms with Crippen molar-refractivity contribution in [2.24, 2.45) is 11.7 Å². The molecule has 3 heteroatoms. The zero-order valence-corrected chi connectivity index (χ0v) is 13.4. The van der Waals surface area contributed by atoms with E-state index in [1.807, 2.05) is 11.8 Å². The van der Waals surface area contributed by atoms with Crippen LogP contribution in [0.5, 0.6) is 0 Å². The average Bonchev–Trinajstić information content (AvgIpc) is 2.21. The molecule has 0 fully saturated rings. The Morgan fingerprint density at radius 3 is 2.41 bits per heavy atom. The van der Waals surface area contributed by atoms with Gasteiger partial charge in [0.25, 0.3) is 0 Å². The van der Waals surface area contributed by atoms with Gasteiger partial charge in [-0.15, -0.1) is 11.8 Å². The fourth-order valence-electron chi connectivity index (χ4n) is 1.49. The second-order valence-corrected chi connectivity index (χ2v) is 7.34. The largest absolute Gasteiger partial charge is 0.328 e. The molecular formula is C14H22BrNS. The maximum Gasteiger partial charge on any atom is 0.0186 e. The van der Waals surface area contributed by atoms with Crippen LogP contribution in [0.25, 0.3) is 0 Å². The summed E-state index contributed by atoms with van der Waals surface area (Å²) in [5, 5.41) is 0.621. The molecule has 0 aliphatic rings. The van der Waals surface area contributed by atoms with Crippen LogP contribution in [0.15, 0.2) is 27.6 Å². The maximum atomic E-state index is 5.90. The molecule has 1 aromatic rings. The summed E-state index contributed by atoms with van der Waals surface area (Å²) in [7, 11) is 0. The predicted octanol–water partition coefficient (Wildman–Crippen LogP) is 4.48. The molecule has 0 amide bonds. The summed E-state index contributed by atoms with van der Waals surface area (Å²) >= 11 is 5.49. The third-order valence-electron chi connectivity index (χ3n) is 2.82. The van der Waals surface area contributed by atoms with Crippen molar-refractivity contribution in [1.82, 2.24) is 0 Å². The van der Waals surface area contributed by atoms with Gasteiger partial charge in [0, 0.05) is 20.7 Å². The van der Waals surface area contributed by atoms with Gasteiger partial charge in [-0.1, -0.05) is 42.8 Å². The first-order chi connectivity index (χ1) is 7.90. The van der Waals surface area contributed by atoms with Gasteiger partial charge in [0.15, 0.2) is 0 Å². The molecule has 0 aromatic heterocycles. The molecule has 0 bridgehead atoms. The summed E-state index contributed by atoms with van der Waals surface area (Å²) in [6.45, 7) is 8.87. The second-order valence-electron chi connectivity index (χ2n) is 5.00. The lowest BCUT2D eigenvalue weighted by molar-refractivity contribution is 0.641. The van der Waals surface area contributed by atoms with Crippen LogP contribution in [0.4, 0.5) is 0 Å². The molecule has 96 valence electrons. The topological polar surface area (TPSA) is 26.0 Å². The monoisotopic (exact) mass is 315 g/mol. The van der Waals surface area contributed by atoms with Crippen LogP contribution in [-0.4, -0.2) is 11.3 Å². The van der Waals surface area contributed by atoms with E-state index in [0.717, 1.165) is 10.9 Å². The Hall–Kier alpha value is 0.01000. The first-order valence-electron chi connectivity index (χ1n) is 6.10. The van der Waals surface area contributed by atoms with Gasteiger partial charge in [-0.2, -0.15) is 0 Å². The van der Waals surface area contributed by atoms with E-state index in [1.54, 1.807) is 0 Å². The Labute approximate surface area is 118 Å². The first-order valence-corrected chi connectivity index (χ1v) is 7.78. The number of hydrogen-bond acceptors (Lipinski definition) is 2. The van der Waals surface area contributed by atoms with Gasteiger partial charge in [0.1, 0.15) is 0 Å². The van der Waals surface area contributed by atoms with Crippen molar-refractivity contribution in [2.75, 3.05) is 0 Å². The molecule has 2 atom stereocenters. The van der Waals surface area contributed by atoms with E-state index in [4.69, 9.17) is 5.73 Å². The molecule has 1 nitrogen and oxygen atoms in total. The molecule has 0 saturated carbocycles. The van der Waals surface area contributed by atoms with Gasteiger partial charge >= 0.3 is 0 Å². The summed E-state index contributed by atoms with van der Waals surface area (Å²) in [6, 6.07) is 6.70. The van der Waals surface area contributed by atoms with Crippen molar-refractivity contribution in [3.8, 4) is 0 Å². The third kappa shape index (κ3) is 5.02. The standard InChI is InChI=1S/C14H22BrNS/c1-9(2)11(4)17-14-8-13(15)6-5-12(14)7-10(3)16/h5-6,8-11H,7,16H2,1-4H3. The number of hydrogen-bond donors (Lipinski definition) is 1. The molecule has 1 rings (SSSR count). The number of rotatable bonds is 5. The minimum atomic E-state index is 0.213. The van der Waals surface area contributed by atoms with Crippen LogP contribution < -0.4 is 5.73 Å². The van der Waals surface area contributed by atoms with Gasteiger partial charge in [0.05, 0.1) is 0 Å². The molecule has 0 heterocycles. The zero-order chi connectivity index (χ0) is 13.0. The Morgan fingerprint density at radius 1 is 1.24 bits per heavy atom. The van der Waals surface area contributed by atoms with E-state index >= 15 is 0 Å². The van der Waals surface area contributed by atoms with Crippen molar-refractivity contribution in [3.05, 3.63) is 28.2 Å². The van der Waals surface area contributed by atoms with Gasteiger partial charge in [-0.05, 0) is 37.0 Å². The Morgan fingerprint density at radius 2 is 1.88 bits per heavy atom. The van der Waals surface area contributed by atoms with Crippen LogP contribution in [0.2, 0.25) is 0 Å². The van der Waals surface area contributed by atoms with Crippen molar-refractivity contribution in [2.45, 2.75) is 50.3 Å². The third-order valence-corrected chi connectivity index (χ3v) is 4.87. The zero-order valence-electron chi connectivity index (χ0n) is 11.0. The number of nitrogens with two attached hydrogens (primary N) is 1. The minimum Gasteiger partial charge on any atom is -0.328 e.